The normalized spacial score (nSPS) is 15.6. The average Bonchev–Trinajstić information content (AvgIpc) is 2.88. The van der Waals surface area contributed by atoms with Gasteiger partial charge in [-0.2, -0.15) is 0 Å². The molecule has 0 saturated carbocycles. The van der Waals surface area contributed by atoms with Gasteiger partial charge in [0.1, 0.15) is 0 Å². The second-order valence-corrected chi connectivity index (χ2v) is 9.46. The van der Waals surface area contributed by atoms with Gasteiger partial charge >= 0.3 is 11.9 Å². The van der Waals surface area contributed by atoms with Crippen molar-refractivity contribution in [3.63, 3.8) is 0 Å². The number of carbonyl (C=O) groups is 4. The van der Waals surface area contributed by atoms with Gasteiger partial charge in [-0.1, -0.05) is 42.5 Å². The summed E-state index contributed by atoms with van der Waals surface area (Å²) < 4.78 is 10.8. The van der Waals surface area contributed by atoms with Crippen LogP contribution in [0.1, 0.15) is 77.8 Å². The molecule has 0 N–H and O–H groups in total. The van der Waals surface area contributed by atoms with Crippen molar-refractivity contribution in [3.8, 4) is 11.1 Å². The Kier molecular flexibility index (Phi) is 8.49. The van der Waals surface area contributed by atoms with Crippen LogP contribution in [-0.4, -0.2) is 36.7 Å². The second-order valence-electron chi connectivity index (χ2n) is 9.46. The first-order valence-electron chi connectivity index (χ1n) is 12.9. The lowest BCUT2D eigenvalue weighted by Crippen LogP contribution is -2.10. The first-order valence-corrected chi connectivity index (χ1v) is 12.9. The molecule has 1 aliphatic rings. The van der Waals surface area contributed by atoms with E-state index in [1.54, 1.807) is 6.07 Å². The SMILES string of the molecule is CC(=O)c1cc2c3cccc2c(c1C(C)=O)-c1ccccc1CCC(=O)OCCCCCOC(=O)CC3. The van der Waals surface area contributed by atoms with Crippen LogP contribution in [0, 0.1) is 0 Å². The van der Waals surface area contributed by atoms with Crippen LogP contribution in [0.25, 0.3) is 21.9 Å². The van der Waals surface area contributed by atoms with Crippen molar-refractivity contribution in [2.24, 2.45) is 0 Å². The summed E-state index contributed by atoms with van der Waals surface area (Å²) in [5.41, 5.74) is 4.02. The zero-order valence-electron chi connectivity index (χ0n) is 21.4. The Hall–Kier alpha value is -3.80. The Bertz CT molecular complexity index is 1350. The summed E-state index contributed by atoms with van der Waals surface area (Å²) in [7, 11) is 0. The van der Waals surface area contributed by atoms with Gasteiger partial charge in [0.2, 0.25) is 0 Å². The number of ketones is 2. The predicted molar refractivity (Wildman–Crippen MR) is 142 cm³/mol. The number of esters is 2. The van der Waals surface area contributed by atoms with Crippen molar-refractivity contribution >= 4 is 34.3 Å². The summed E-state index contributed by atoms with van der Waals surface area (Å²) in [5, 5.41) is 1.65. The molecule has 37 heavy (non-hydrogen) atoms. The quantitative estimate of drug-likeness (QED) is 0.315. The minimum absolute atomic E-state index is 0.205. The number of benzene rings is 3. The summed E-state index contributed by atoms with van der Waals surface area (Å²) in [5.74, 6) is -0.972. The van der Waals surface area contributed by atoms with Crippen LogP contribution in [-0.2, 0) is 31.9 Å². The number of hydrogen-bond donors (Lipinski definition) is 0. The Labute approximate surface area is 217 Å². The van der Waals surface area contributed by atoms with Gasteiger partial charge in [0.15, 0.2) is 11.6 Å². The van der Waals surface area contributed by atoms with Crippen molar-refractivity contribution in [1.82, 2.24) is 0 Å². The molecule has 0 aromatic heterocycles. The minimum Gasteiger partial charge on any atom is -0.466 e. The highest BCUT2D eigenvalue weighted by Crippen LogP contribution is 2.39. The first kappa shape index (κ1) is 26.3. The van der Waals surface area contributed by atoms with Crippen LogP contribution >= 0.6 is 0 Å². The van der Waals surface area contributed by atoms with Gasteiger partial charge in [-0.05, 0) is 79.5 Å². The van der Waals surface area contributed by atoms with E-state index in [1.807, 2.05) is 42.5 Å². The van der Waals surface area contributed by atoms with E-state index in [-0.39, 0.29) is 36.3 Å². The number of rotatable bonds is 2. The molecular formula is C31H32O6. The summed E-state index contributed by atoms with van der Waals surface area (Å²) in [6, 6.07) is 15.2. The van der Waals surface area contributed by atoms with Gasteiger partial charge in [0.25, 0.3) is 0 Å². The molecule has 0 atom stereocenters. The van der Waals surface area contributed by atoms with Crippen molar-refractivity contribution in [3.05, 3.63) is 70.8 Å². The van der Waals surface area contributed by atoms with Crippen molar-refractivity contribution in [1.29, 1.82) is 0 Å². The number of fused-ring (bicyclic) bond motifs is 2. The molecule has 1 aliphatic heterocycles. The molecule has 0 spiro atoms. The maximum absolute atomic E-state index is 13.0. The summed E-state index contributed by atoms with van der Waals surface area (Å²) in [6.07, 6.45) is 3.55. The molecule has 6 nitrogen and oxygen atoms in total. The maximum atomic E-state index is 13.0. The van der Waals surface area contributed by atoms with Crippen LogP contribution < -0.4 is 0 Å². The minimum atomic E-state index is -0.282. The van der Waals surface area contributed by atoms with E-state index in [0.29, 0.717) is 55.6 Å². The molecule has 0 saturated heterocycles. The Morgan fingerprint density at radius 3 is 1.95 bits per heavy atom. The Morgan fingerprint density at radius 1 is 0.676 bits per heavy atom. The van der Waals surface area contributed by atoms with E-state index in [9.17, 15) is 19.2 Å². The van der Waals surface area contributed by atoms with Gasteiger partial charge in [0, 0.05) is 29.5 Å². The molecule has 1 heterocycles. The fraction of sp³-hybridized carbons (Fsp3) is 0.355. The highest BCUT2D eigenvalue weighted by Gasteiger charge is 2.23. The lowest BCUT2D eigenvalue weighted by molar-refractivity contribution is -0.144. The zero-order valence-corrected chi connectivity index (χ0v) is 21.4. The van der Waals surface area contributed by atoms with Crippen molar-refractivity contribution < 1.29 is 28.7 Å². The molecular weight excluding hydrogens is 468 g/mol. The van der Waals surface area contributed by atoms with Crippen molar-refractivity contribution in [2.45, 2.75) is 58.8 Å². The summed E-state index contributed by atoms with van der Waals surface area (Å²) >= 11 is 0. The third kappa shape index (κ3) is 6.13. The molecule has 4 bridgehead atoms. The molecule has 3 aromatic carbocycles. The molecule has 0 aliphatic carbocycles. The summed E-state index contributed by atoms with van der Waals surface area (Å²) in [6.45, 7) is 3.59. The van der Waals surface area contributed by atoms with Gasteiger partial charge in [-0.25, -0.2) is 0 Å². The van der Waals surface area contributed by atoms with E-state index < -0.39 is 0 Å². The number of hydrogen-bond acceptors (Lipinski definition) is 6. The average molecular weight is 501 g/mol. The zero-order chi connectivity index (χ0) is 26.4. The third-order valence-electron chi connectivity index (χ3n) is 6.80. The smallest absolute Gasteiger partial charge is 0.306 e. The van der Waals surface area contributed by atoms with Gasteiger partial charge < -0.3 is 9.47 Å². The number of Topliss-reactive ketones (excluding diaryl/α,β-unsaturated/α-hetero) is 2. The highest BCUT2D eigenvalue weighted by atomic mass is 16.5. The molecule has 0 unspecified atom stereocenters. The highest BCUT2D eigenvalue weighted by molar-refractivity contribution is 6.18. The van der Waals surface area contributed by atoms with E-state index in [0.717, 1.165) is 33.9 Å². The molecule has 4 rings (SSSR count). The largest absolute Gasteiger partial charge is 0.466 e. The fourth-order valence-electron chi connectivity index (χ4n) is 4.98. The molecule has 3 aromatic rings. The molecule has 6 heteroatoms. The van der Waals surface area contributed by atoms with Gasteiger partial charge in [0.05, 0.1) is 13.2 Å². The van der Waals surface area contributed by atoms with Crippen LogP contribution in [0.4, 0.5) is 0 Å². The molecule has 0 amide bonds. The van der Waals surface area contributed by atoms with Crippen molar-refractivity contribution in [2.75, 3.05) is 13.2 Å². The lowest BCUT2D eigenvalue weighted by Gasteiger charge is -2.19. The Balaban J connectivity index is 1.93. The number of ether oxygens (including phenoxy) is 2. The maximum Gasteiger partial charge on any atom is 0.306 e. The fourth-order valence-corrected chi connectivity index (χ4v) is 4.98. The van der Waals surface area contributed by atoms with Crippen LogP contribution in [0.5, 0.6) is 0 Å². The summed E-state index contributed by atoms with van der Waals surface area (Å²) in [4.78, 5) is 50.6. The molecule has 0 fully saturated rings. The standard InChI is InChI=1S/C31H32O6/c1-20(32)26-19-27-23-10-8-12-25(27)31(30(26)21(2)33)24-11-5-4-9-22(24)13-15-28(34)36-17-6-3-7-18-37-29(35)16-14-23/h4-5,8-12,19H,3,6-7,13-18H2,1-2H3. The molecule has 192 valence electrons. The van der Waals surface area contributed by atoms with E-state index in [4.69, 9.17) is 9.47 Å². The van der Waals surface area contributed by atoms with Crippen LogP contribution in [0.15, 0.2) is 48.5 Å². The topological polar surface area (TPSA) is 86.7 Å². The van der Waals surface area contributed by atoms with Gasteiger partial charge in [-0.15, -0.1) is 0 Å². The third-order valence-corrected chi connectivity index (χ3v) is 6.80. The van der Waals surface area contributed by atoms with E-state index in [1.165, 1.54) is 13.8 Å². The number of aryl methyl sites for hydroxylation is 2. The van der Waals surface area contributed by atoms with Gasteiger partial charge in [-0.3, -0.25) is 19.2 Å². The Morgan fingerprint density at radius 2 is 1.30 bits per heavy atom. The molecule has 0 radical (unpaired) electrons. The predicted octanol–water partition coefficient (Wildman–Crippen LogP) is 6.05. The number of carbonyl (C=O) groups excluding carboxylic acids is 4. The lowest BCUT2D eigenvalue weighted by atomic mass is 9.83. The van der Waals surface area contributed by atoms with E-state index >= 15 is 0 Å². The number of cyclic esters (lactones) is 2. The van der Waals surface area contributed by atoms with Crippen LogP contribution in [0.3, 0.4) is 0 Å². The van der Waals surface area contributed by atoms with Crippen LogP contribution in [0.2, 0.25) is 0 Å². The van der Waals surface area contributed by atoms with E-state index in [2.05, 4.69) is 0 Å². The first-order chi connectivity index (χ1) is 17.9. The second kappa shape index (κ2) is 12.0. The monoisotopic (exact) mass is 500 g/mol.